The highest BCUT2D eigenvalue weighted by molar-refractivity contribution is 7.20. The lowest BCUT2D eigenvalue weighted by Crippen LogP contribution is -2.38. The maximum absolute atomic E-state index is 6.62. The third-order valence-corrected chi connectivity index (χ3v) is 9.44. The van der Waals surface area contributed by atoms with Crippen LogP contribution in [0.3, 0.4) is 0 Å². The predicted molar refractivity (Wildman–Crippen MR) is 165 cm³/mol. The molecular formula is C34H32N4S. The second-order valence-electron chi connectivity index (χ2n) is 10.8. The molecule has 0 amide bonds. The number of para-hydroxylation sites is 1. The van der Waals surface area contributed by atoms with E-state index in [2.05, 4.69) is 102 Å². The molecule has 7 rings (SSSR count). The van der Waals surface area contributed by atoms with Gasteiger partial charge in [-0.1, -0.05) is 85.0 Å². The fourth-order valence-electron chi connectivity index (χ4n) is 6.24. The van der Waals surface area contributed by atoms with Crippen molar-refractivity contribution in [3.63, 3.8) is 0 Å². The molecule has 3 atom stereocenters. The van der Waals surface area contributed by atoms with Crippen molar-refractivity contribution < 1.29 is 0 Å². The summed E-state index contributed by atoms with van der Waals surface area (Å²) in [7, 11) is 0. The van der Waals surface area contributed by atoms with Gasteiger partial charge in [0.2, 0.25) is 0 Å². The van der Waals surface area contributed by atoms with Crippen LogP contribution in [0.2, 0.25) is 0 Å². The molecule has 1 aromatic heterocycles. The fraction of sp³-hybridized carbons (Fsp3) is 0.206. The molecule has 3 aromatic carbocycles. The van der Waals surface area contributed by atoms with Crippen molar-refractivity contribution in [2.75, 3.05) is 4.90 Å². The molecule has 0 fully saturated rings. The number of anilines is 1. The first-order valence-corrected chi connectivity index (χ1v) is 14.5. The zero-order valence-electron chi connectivity index (χ0n) is 22.0. The average molecular weight is 529 g/mol. The van der Waals surface area contributed by atoms with Crippen LogP contribution in [-0.4, -0.2) is 12.5 Å². The largest absolute Gasteiger partial charge is 0.312 e. The lowest BCUT2D eigenvalue weighted by atomic mass is 9.73. The Kier molecular flexibility index (Phi) is 6.08. The number of benzene rings is 3. The van der Waals surface area contributed by atoms with E-state index >= 15 is 0 Å². The molecule has 0 radical (unpaired) electrons. The molecule has 3 unspecified atom stereocenters. The average Bonchev–Trinajstić information content (AvgIpc) is 3.46. The smallest absolute Gasteiger partial charge is 0.128 e. The standard InChI is InChI=1S/C34H32N4S/c1-34-21-26-25-16-8-11-19-29(25)39-30(26)20-31(34)38(28-18-10-9-17-27(28)34)22-36-33(24-14-6-3-7-15-24)37-32(35)23-12-4-2-5-13-23/h2,4-6,8-20,22,32-33,37H,3,7,21,35H2,1H3/b36-22+. The van der Waals surface area contributed by atoms with Gasteiger partial charge in [-0.3, -0.25) is 10.3 Å². The molecule has 0 bridgehead atoms. The highest BCUT2D eigenvalue weighted by atomic mass is 32.1. The van der Waals surface area contributed by atoms with Gasteiger partial charge in [-0.15, -0.1) is 11.3 Å². The van der Waals surface area contributed by atoms with E-state index in [1.165, 1.54) is 37.5 Å². The van der Waals surface area contributed by atoms with Crippen LogP contribution in [0.4, 0.5) is 5.69 Å². The van der Waals surface area contributed by atoms with E-state index in [4.69, 9.17) is 10.7 Å². The Bertz CT molecular complexity index is 1660. The zero-order chi connectivity index (χ0) is 26.4. The number of allylic oxidation sites excluding steroid dienone is 3. The summed E-state index contributed by atoms with van der Waals surface area (Å²) in [6, 6.07) is 27.7. The molecule has 4 aromatic rings. The Hall–Kier alpha value is -3.77. The molecule has 5 heteroatoms. The Balaban J connectivity index is 1.29. The number of hydrogen-bond donors (Lipinski definition) is 2. The third-order valence-electron chi connectivity index (χ3n) is 8.28. The molecule has 194 valence electrons. The topological polar surface area (TPSA) is 53.6 Å². The molecule has 2 heterocycles. The highest BCUT2D eigenvalue weighted by Crippen LogP contribution is 2.54. The van der Waals surface area contributed by atoms with Gasteiger partial charge in [0.1, 0.15) is 6.17 Å². The van der Waals surface area contributed by atoms with Gasteiger partial charge in [0.25, 0.3) is 0 Å². The van der Waals surface area contributed by atoms with Gasteiger partial charge in [-0.05, 0) is 72.0 Å². The third kappa shape index (κ3) is 4.18. The van der Waals surface area contributed by atoms with Gasteiger partial charge in [-0.2, -0.15) is 0 Å². The summed E-state index contributed by atoms with van der Waals surface area (Å²) in [5.74, 6) is 0. The number of rotatable bonds is 6. The van der Waals surface area contributed by atoms with Crippen LogP contribution >= 0.6 is 11.3 Å². The Morgan fingerprint density at radius 1 is 1.00 bits per heavy atom. The predicted octanol–water partition coefficient (Wildman–Crippen LogP) is 7.45. The maximum atomic E-state index is 6.62. The molecule has 4 nitrogen and oxygen atoms in total. The SMILES string of the molecule is CC12Cc3c(sc4ccccc34)C=C1N(/C=N/C(NC(N)c1ccccc1)C1=CCCC=C1)c1ccccc12. The van der Waals surface area contributed by atoms with Gasteiger partial charge in [0, 0.05) is 20.7 Å². The number of hydrogen-bond acceptors (Lipinski definition) is 4. The van der Waals surface area contributed by atoms with Crippen molar-refractivity contribution in [1.29, 1.82) is 0 Å². The zero-order valence-corrected chi connectivity index (χ0v) is 22.9. The number of aliphatic imine (C=N–C) groups is 1. The van der Waals surface area contributed by atoms with Crippen molar-refractivity contribution in [2.24, 2.45) is 10.7 Å². The van der Waals surface area contributed by atoms with Gasteiger partial charge in [0.15, 0.2) is 0 Å². The van der Waals surface area contributed by atoms with E-state index in [0.29, 0.717) is 0 Å². The van der Waals surface area contributed by atoms with Crippen molar-refractivity contribution in [3.05, 3.63) is 130 Å². The summed E-state index contributed by atoms with van der Waals surface area (Å²) in [5, 5.41) is 4.97. The van der Waals surface area contributed by atoms with Gasteiger partial charge in [-0.25, -0.2) is 0 Å². The summed E-state index contributed by atoms with van der Waals surface area (Å²) >= 11 is 1.89. The number of nitrogens with one attached hydrogen (secondary N) is 1. The quantitative estimate of drug-likeness (QED) is 0.155. The second-order valence-corrected chi connectivity index (χ2v) is 11.9. The first kappa shape index (κ1) is 24.3. The summed E-state index contributed by atoms with van der Waals surface area (Å²) in [5.41, 5.74) is 14.0. The monoisotopic (exact) mass is 528 g/mol. The van der Waals surface area contributed by atoms with Crippen molar-refractivity contribution in [1.82, 2.24) is 5.32 Å². The van der Waals surface area contributed by atoms with Gasteiger partial charge < -0.3 is 10.6 Å². The number of fused-ring (bicyclic) bond motifs is 6. The van der Waals surface area contributed by atoms with E-state index in [-0.39, 0.29) is 17.7 Å². The van der Waals surface area contributed by atoms with Crippen LogP contribution < -0.4 is 16.0 Å². The van der Waals surface area contributed by atoms with Crippen LogP contribution in [0.15, 0.2) is 113 Å². The Morgan fingerprint density at radius 2 is 1.79 bits per heavy atom. The molecule has 39 heavy (non-hydrogen) atoms. The second kappa shape index (κ2) is 9.76. The normalized spacial score (nSPS) is 21.3. The van der Waals surface area contributed by atoms with E-state index < -0.39 is 0 Å². The summed E-state index contributed by atoms with van der Waals surface area (Å²) in [6.45, 7) is 2.38. The minimum Gasteiger partial charge on any atom is -0.312 e. The maximum Gasteiger partial charge on any atom is 0.128 e. The molecule has 3 N–H and O–H groups in total. The molecule has 0 saturated carbocycles. The summed E-state index contributed by atoms with van der Waals surface area (Å²) < 4.78 is 1.35. The minimum absolute atomic E-state index is 0.118. The first-order chi connectivity index (χ1) is 19.1. The van der Waals surface area contributed by atoms with Crippen molar-refractivity contribution >= 4 is 39.5 Å². The van der Waals surface area contributed by atoms with Crippen LogP contribution in [-0.2, 0) is 11.8 Å². The lowest BCUT2D eigenvalue weighted by molar-refractivity contribution is 0.495. The number of nitrogens with two attached hydrogens (primary N) is 1. The fourth-order valence-corrected chi connectivity index (χ4v) is 7.40. The van der Waals surface area contributed by atoms with Crippen molar-refractivity contribution in [2.45, 2.75) is 43.9 Å². The first-order valence-electron chi connectivity index (χ1n) is 13.7. The van der Waals surface area contributed by atoms with E-state index in [1.807, 2.05) is 35.9 Å². The molecule has 0 saturated heterocycles. The Morgan fingerprint density at radius 3 is 2.64 bits per heavy atom. The highest BCUT2D eigenvalue weighted by Gasteiger charge is 2.46. The van der Waals surface area contributed by atoms with Crippen molar-refractivity contribution in [3.8, 4) is 0 Å². The lowest BCUT2D eigenvalue weighted by Gasteiger charge is -2.32. The summed E-state index contributed by atoms with van der Waals surface area (Å²) in [6.07, 6.45) is 13.6. The summed E-state index contributed by atoms with van der Waals surface area (Å²) in [4.78, 5) is 8.83. The Labute approximate surface area is 233 Å². The molecule has 2 aliphatic carbocycles. The van der Waals surface area contributed by atoms with E-state index in [1.54, 1.807) is 0 Å². The molecule has 0 spiro atoms. The van der Waals surface area contributed by atoms with Crippen LogP contribution in [0.25, 0.3) is 16.2 Å². The number of thiophene rings is 1. The van der Waals surface area contributed by atoms with Gasteiger partial charge in [0.05, 0.1) is 18.2 Å². The van der Waals surface area contributed by atoms with E-state index in [0.717, 1.165) is 30.4 Å². The van der Waals surface area contributed by atoms with Crippen LogP contribution in [0.1, 0.15) is 47.5 Å². The van der Waals surface area contributed by atoms with Gasteiger partial charge >= 0.3 is 0 Å². The van der Waals surface area contributed by atoms with Crippen LogP contribution in [0.5, 0.6) is 0 Å². The number of nitrogens with zero attached hydrogens (tertiary/aromatic N) is 2. The molecule has 1 aliphatic heterocycles. The van der Waals surface area contributed by atoms with E-state index in [9.17, 15) is 0 Å². The van der Waals surface area contributed by atoms with Crippen LogP contribution in [0, 0.1) is 0 Å². The minimum atomic E-state index is -0.323. The molecule has 3 aliphatic rings. The molecular weight excluding hydrogens is 496 g/mol.